The number of hydrogen-bond donors (Lipinski definition) is 2. The topological polar surface area (TPSA) is 72.2 Å². The number of sulfonamides is 1. The molecule has 3 N–H and O–H groups in total. The van der Waals surface area contributed by atoms with E-state index < -0.39 is 15.8 Å². The summed E-state index contributed by atoms with van der Waals surface area (Å²) < 4.78 is 37.5. The first-order valence-corrected chi connectivity index (χ1v) is 5.42. The maximum Gasteiger partial charge on any atom is 0.241 e. The number of nitrogens with one attached hydrogen (secondary N) is 1. The summed E-state index contributed by atoms with van der Waals surface area (Å²) in [5.74, 6) is -0.745. The molecule has 0 heterocycles. The monoisotopic (exact) mass is 238 g/mol. The molecule has 0 aliphatic heterocycles. The number of halogens is 2. The second-order valence-electron chi connectivity index (χ2n) is 2.51. The van der Waals surface area contributed by atoms with Gasteiger partial charge in [-0.1, -0.05) is 11.6 Å². The lowest BCUT2D eigenvalue weighted by atomic mass is 10.3. The van der Waals surface area contributed by atoms with E-state index in [0.29, 0.717) is 0 Å². The third-order valence-corrected chi connectivity index (χ3v) is 3.49. The average Bonchev–Trinajstić information content (AvgIpc) is 2.11. The summed E-state index contributed by atoms with van der Waals surface area (Å²) in [6.45, 7) is 0. The van der Waals surface area contributed by atoms with E-state index in [4.69, 9.17) is 17.3 Å². The highest BCUT2D eigenvalue weighted by Crippen LogP contribution is 2.25. The predicted octanol–water partition coefficient (Wildman–Crippen LogP) is 0.969. The number of nitrogens with two attached hydrogens (primary N) is 1. The smallest absolute Gasteiger partial charge is 0.241 e. The van der Waals surface area contributed by atoms with Gasteiger partial charge in [0.05, 0.1) is 10.7 Å². The van der Waals surface area contributed by atoms with Crippen LogP contribution in [0.25, 0.3) is 0 Å². The van der Waals surface area contributed by atoms with Crippen molar-refractivity contribution in [3.63, 3.8) is 0 Å². The lowest BCUT2D eigenvalue weighted by molar-refractivity contribution is 0.587. The van der Waals surface area contributed by atoms with Crippen LogP contribution >= 0.6 is 11.6 Å². The van der Waals surface area contributed by atoms with Crippen molar-refractivity contribution < 1.29 is 12.8 Å². The third kappa shape index (κ3) is 1.97. The Morgan fingerprint density at radius 1 is 1.50 bits per heavy atom. The SMILES string of the molecule is CNS(=O)(=O)c1cc(N)c(F)cc1Cl. The Balaban J connectivity index is 3.45. The van der Waals surface area contributed by atoms with Gasteiger partial charge in [-0.05, 0) is 19.2 Å². The average molecular weight is 239 g/mol. The van der Waals surface area contributed by atoms with Crippen molar-refractivity contribution >= 4 is 27.3 Å². The molecule has 0 fully saturated rings. The number of nitrogen functional groups attached to an aromatic ring is 1. The Kier molecular flexibility index (Phi) is 2.98. The quantitative estimate of drug-likeness (QED) is 0.754. The summed E-state index contributed by atoms with van der Waals surface area (Å²) in [6.07, 6.45) is 0. The molecule has 0 saturated heterocycles. The molecule has 0 amide bonds. The van der Waals surface area contributed by atoms with Crippen LogP contribution in [-0.4, -0.2) is 15.5 Å². The van der Waals surface area contributed by atoms with Crippen LogP contribution in [0.15, 0.2) is 17.0 Å². The first-order chi connectivity index (χ1) is 6.38. The van der Waals surface area contributed by atoms with E-state index in [1.807, 2.05) is 0 Å². The third-order valence-electron chi connectivity index (χ3n) is 1.61. The Morgan fingerprint density at radius 3 is 2.57 bits per heavy atom. The van der Waals surface area contributed by atoms with Crippen LogP contribution in [0.4, 0.5) is 10.1 Å². The van der Waals surface area contributed by atoms with Crippen molar-refractivity contribution in [2.45, 2.75) is 4.90 Å². The molecular weight excluding hydrogens is 231 g/mol. The molecule has 0 aliphatic carbocycles. The van der Waals surface area contributed by atoms with Gasteiger partial charge in [-0.15, -0.1) is 0 Å². The van der Waals surface area contributed by atoms with E-state index in [1.54, 1.807) is 0 Å². The minimum Gasteiger partial charge on any atom is -0.396 e. The van der Waals surface area contributed by atoms with Crippen molar-refractivity contribution in [3.8, 4) is 0 Å². The van der Waals surface area contributed by atoms with E-state index in [-0.39, 0.29) is 15.6 Å². The molecular formula is C7H8ClFN2O2S. The van der Waals surface area contributed by atoms with Crippen LogP contribution in [-0.2, 0) is 10.0 Å². The Hall–Kier alpha value is -0.850. The van der Waals surface area contributed by atoms with E-state index in [0.717, 1.165) is 12.1 Å². The summed E-state index contributed by atoms with van der Waals surface area (Å²) in [5.41, 5.74) is 4.95. The van der Waals surface area contributed by atoms with E-state index in [2.05, 4.69) is 4.72 Å². The molecule has 0 atom stereocenters. The molecule has 0 bridgehead atoms. The van der Waals surface area contributed by atoms with Gasteiger partial charge in [-0.3, -0.25) is 0 Å². The van der Waals surface area contributed by atoms with E-state index >= 15 is 0 Å². The first-order valence-electron chi connectivity index (χ1n) is 3.56. The van der Waals surface area contributed by atoms with Gasteiger partial charge < -0.3 is 5.73 Å². The zero-order valence-corrected chi connectivity index (χ0v) is 8.79. The zero-order valence-electron chi connectivity index (χ0n) is 7.21. The van der Waals surface area contributed by atoms with Gasteiger partial charge in [-0.2, -0.15) is 0 Å². The van der Waals surface area contributed by atoms with Gasteiger partial charge in [0.25, 0.3) is 0 Å². The van der Waals surface area contributed by atoms with Gasteiger partial charge in [-0.25, -0.2) is 17.5 Å². The van der Waals surface area contributed by atoms with Crippen LogP contribution in [0.3, 0.4) is 0 Å². The van der Waals surface area contributed by atoms with Crippen molar-refractivity contribution in [2.24, 2.45) is 0 Å². The molecule has 0 aliphatic rings. The summed E-state index contributed by atoms with van der Waals surface area (Å²) in [7, 11) is -2.47. The highest BCUT2D eigenvalue weighted by atomic mass is 35.5. The summed E-state index contributed by atoms with van der Waals surface area (Å²) in [6, 6.07) is 1.84. The highest BCUT2D eigenvalue weighted by molar-refractivity contribution is 7.89. The van der Waals surface area contributed by atoms with Crippen molar-refractivity contribution in [2.75, 3.05) is 12.8 Å². The maximum atomic E-state index is 12.8. The molecule has 14 heavy (non-hydrogen) atoms. The van der Waals surface area contributed by atoms with Crippen LogP contribution in [0, 0.1) is 5.82 Å². The number of benzene rings is 1. The normalized spacial score (nSPS) is 11.6. The van der Waals surface area contributed by atoms with Gasteiger partial charge >= 0.3 is 0 Å². The predicted molar refractivity (Wildman–Crippen MR) is 52.1 cm³/mol. The second-order valence-corrected chi connectivity index (χ2v) is 4.77. The van der Waals surface area contributed by atoms with E-state index in [9.17, 15) is 12.8 Å². The molecule has 0 unspecified atom stereocenters. The van der Waals surface area contributed by atoms with Gasteiger partial charge in [0.1, 0.15) is 10.7 Å². The number of hydrogen-bond acceptors (Lipinski definition) is 3. The van der Waals surface area contributed by atoms with Crippen LogP contribution in [0.5, 0.6) is 0 Å². The standard InChI is InChI=1S/C7H8ClFN2O2S/c1-11-14(12,13)7-3-6(10)5(9)2-4(7)8/h2-3,11H,10H2,1H3. The Bertz CT molecular complexity index is 461. The molecule has 1 rings (SSSR count). The minimum absolute atomic E-state index is 0.203. The Morgan fingerprint density at radius 2 is 2.07 bits per heavy atom. The van der Waals surface area contributed by atoms with Gasteiger partial charge in [0, 0.05) is 0 Å². The van der Waals surface area contributed by atoms with Crippen LogP contribution < -0.4 is 10.5 Å². The molecule has 4 nitrogen and oxygen atoms in total. The van der Waals surface area contributed by atoms with E-state index in [1.165, 1.54) is 7.05 Å². The molecule has 0 spiro atoms. The summed E-state index contributed by atoms with van der Waals surface area (Å²) in [4.78, 5) is -0.236. The fourth-order valence-electron chi connectivity index (χ4n) is 0.861. The minimum atomic E-state index is -3.70. The zero-order chi connectivity index (χ0) is 10.9. The maximum absolute atomic E-state index is 12.8. The highest BCUT2D eigenvalue weighted by Gasteiger charge is 2.17. The Labute approximate surface area is 85.9 Å². The molecule has 78 valence electrons. The fraction of sp³-hybridized carbons (Fsp3) is 0.143. The molecule has 1 aromatic rings. The summed E-state index contributed by atoms with van der Waals surface area (Å²) in [5, 5.41) is -0.203. The molecule has 0 aromatic heterocycles. The lowest BCUT2D eigenvalue weighted by Crippen LogP contribution is -2.19. The largest absolute Gasteiger partial charge is 0.396 e. The second kappa shape index (κ2) is 3.72. The van der Waals surface area contributed by atoms with Gasteiger partial charge in [0.15, 0.2) is 0 Å². The van der Waals surface area contributed by atoms with Crippen LogP contribution in [0.2, 0.25) is 5.02 Å². The number of rotatable bonds is 2. The van der Waals surface area contributed by atoms with Gasteiger partial charge in [0.2, 0.25) is 10.0 Å². The van der Waals surface area contributed by atoms with Crippen LogP contribution in [0.1, 0.15) is 0 Å². The summed E-state index contributed by atoms with van der Waals surface area (Å²) >= 11 is 5.55. The van der Waals surface area contributed by atoms with Crippen molar-refractivity contribution in [1.29, 1.82) is 0 Å². The van der Waals surface area contributed by atoms with Crippen molar-refractivity contribution in [1.82, 2.24) is 4.72 Å². The molecule has 0 radical (unpaired) electrons. The molecule has 1 aromatic carbocycles. The molecule has 0 saturated carbocycles. The number of anilines is 1. The fourth-order valence-corrected chi connectivity index (χ4v) is 2.13. The lowest BCUT2D eigenvalue weighted by Gasteiger charge is -2.06. The molecule has 7 heteroatoms. The first kappa shape index (κ1) is 11.2. The van der Waals surface area contributed by atoms with Crippen molar-refractivity contribution in [3.05, 3.63) is 23.0 Å².